The molecule has 0 radical (unpaired) electrons. The number of para-hydroxylation sites is 1. The predicted octanol–water partition coefficient (Wildman–Crippen LogP) is 4.09. The third-order valence-electron chi connectivity index (χ3n) is 3.21. The lowest BCUT2D eigenvalue weighted by atomic mass is 10.2. The van der Waals surface area contributed by atoms with Crippen LogP contribution in [-0.2, 0) is 6.54 Å². The van der Waals surface area contributed by atoms with Crippen LogP contribution in [0, 0.1) is 0 Å². The first-order valence-electron chi connectivity index (χ1n) is 6.33. The Balaban J connectivity index is 1.74. The minimum atomic E-state index is 0.785. The number of fused-ring (bicyclic) bond motifs is 1. The molecule has 0 amide bonds. The van der Waals surface area contributed by atoms with E-state index in [0.29, 0.717) is 0 Å². The molecule has 2 aromatic carbocycles. The summed E-state index contributed by atoms with van der Waals surface area (Å²) < 4.78 is 5.50. The van der Waals surface area contributed by atoms with E-state index in [-0.39, 0.29) is 0 Å². The highest BCUT2D eigenvalue weighted by atomic mass is 16.3. The summed E-state index contributed by atoms with van der Waals surface area (Å²) in [5.41, 5.74) is 4.31. The number of rotatable bonds is 4. The minimum absolute atomic E-state index is 0.785. The first kappa shape index (κ1) is 11.7. The highest BCUT2D eigenvalue weighted by molar-refractivity contribution is 5.90. The maximum absolute atomic E-state index is 5.50. The van der Waals surface area contributed by atoms with E-state index in [1.54, 1.807) is 6.26 Å². The molecule has 2 N–H and O–H groups in total. The standard InChI is InChI=1S/C16H16N2O/c1-17-13-8-6-12(7-9-13)10-18-15-11-19-16-5-3-2-4-14(15)16/h2-9,11,17-18H,10H2,1H3. The van der Waals surface area contributed by atoms with Gasteiger partial charge in [0.2, 0.25) is 0 Å². The van der Waals surface area contributed by atoms with Gasteiger partial charge >= 0.3 is 0 Å². The lowest BCUT2D eigenvalue weighted by molar-refractivity contribution is 0.616. The number of anilines is 2. The van der Waals surface area contributed by atoms with Crippen molar-refractivity contribution in [2.24, 2.45) is 0 Å². The Morgan fingerprint density at radius 3 is 2.58 bits per heavy atom. The molecule has 3 rings (SSSR count). The molecule has 3 heteroatoms. The molecule has 0 aliphatic heterocycles. The van der Waals surface area contributed by atoms with Crippen LogP contribution in [0.25, 0.3) is 11.0 Å². The summed E-state index contributed by atoms with van der Waals surface area (Å²) in [5, 5.41) is 7.64. The normalized spacial score (nSPS) is 10.6. The average molecular weight is 252 g/mol. The lowest BCUT2D eigenvalue weighted by Gasteiger charge is -2.06. The summed E-state index contributed by atoms with van der Waals surface area (Å²) in [6.45, 7) is 0.785. The molecule has 3 nitrogen and oxygen atoms in total. The van der Waals surface area contributed by atoms with Crippen LogP contribution in [0.5, 0.6) is 0 Å². The number of nitrogens with one attached hydrogen (secondary N) is 2. The molecule has 0 bridgehead atoms. The average Bonchev–Trinajstić information content (AvgIpc) is 2.89. The van der Waals surface area contributed by atoms with Crippen molar-refractivity contribution in [3.8, 4) is 0 Å². The van der Waals surface area contributed by atoms with Gasteiger partial charge in [-0.1, -0.05) is 24.3 Å². The largest absolute Gasteiger partial charge is 0.462 e. The number of furan rings is 1. The first-order valence-corrected chi connectivity index (χ1v) is 6.33. The van der Waals surface area contributed by atoms with Crippen LogP contribution >= 0.6 is 0 Å². The monoisotopic (exact) mass is 252 g/mol. The Kier molecular flexibility index (Phi) is 3.11. The maximum atomic E-state index is 5.50. The van der Waals surface area contributed by atoms with Crippen LogP contribution < -0.4 is 10.6 Å². The van der Waals surface area contributed by atoms with Gasteiger partial charge in [0.1, 0.15) is 11.8 Å². The quantitative estimate of drug-likeness (QED) is 0.734. The van der Waals surface area contributed by atoms with Gasteiger partial charge in [0.05, 0.1) is 5.69 Å². The van der Waals surface area contributed by atoms with Crippen molar-refractivity contribution in [3.05, 3.63) is 60.4 Å². The van der Waals surface area contributed by atoms with E-state index in [9.17, 15) is 0 Å². The van der Waals surface area contributed by atoms with E-state index >= 15 is 0 Å². The zero-order chi connectivity index (χ0) is 13.1. The van der Waals surface area contributed by atoms with Crippen LogP contribution in [0.1, 0.15) is 5.56 Å². The van der Waals surface area contributed by atoms with Crippen LogP contribution in [0.3, 0.4) is 0 Å². The third kappa shape index (κ3) is 2.40. The molecule has 0 unspecified atom stereocenters. The molecule has 19 heavy (non-hydrogen) atoms. The van der Waals surface area contributed by atoms with E-state index < -0.39 is 0 Å². The molecule has 0 atom stereocenters. The highest BCUT2D eigenvalue weighted by Crippen LogP contribution is 2.25. The topological polar surface area (TPSA) is 37.2 Å². The summed E-state index contributed by atoms with van der Waals surface area (Å²) >= 11 is 0. The van der Waals surface area contributed by atoms with Gasteiger partial charge in [-0.25, -0.2) is 0 Å². The molecule has 96 valence electrons. The molecule has 1 heterocycles. The number of hydrogen-bond donors (Lipinski definition) is 2. The van der Waals surface area contributed by atoms with Crippen LogP contribution in [-0.4, -0.2) is 7.05 Å². The zero-order valence-corrected chi connectivity index (χ0v) is 10.8. The van der Waals surface area contributed by atoms with E-state index in [1.165, 1.54) is 5.56 Å². The van der Waals surface area contributed by atoms with Gasteiger partial charge in [-0.15, -0.1) is 0 Å². The molecule has 0 aliphatic rings. The molecule has 1 aromatic heterocycles. The molecular formula is C16H16N2O. The van der Waals surface area contributed by atoms with Crippen molar-refractivity contribution in [2.75, 3.05) is 17.7 Å². The maximum Gasteiger partial charge on any atom is 0.136 e. The Bertz CT molecular complexity index is 671. The van der Waals surface area contributed by atoms with Crippen LogP contribution in [0.4, 0.5) is 11.4 Å². The highest BCUT2D eigenvalue weighted by Gasteiger charge is 2.04. The van der Waals surface area contributed by atoms with E-state index in [1.807, 2.05) is 25.2 Å². The lowest BCUT2D eigenvalue weighted by Crippen LogP contribution is -1.98. The van der Waals surface area contributed by atoms with Crippen molar-refractivity contribution in [1.29, 1.82) is 0 Å². The van der Waals surface area contributed by atoms with Crippen LogP contribution in [0.15, 0.2) is 59.2 Å². The Morgan fingerprint density at radius 2 is 1.79 bits per heavy atom. The van der Waals surface area contributed by atoms with E-state index in [0.717, 1.165) is 28.9 Å². The Labute approximate surface area is 112 Å². The number of hydrogen-bond acceptors (Lipinski definition) is 3. The molecule has 0 fully saturated rings. The molecule has 0 saturated carbocycles. The molecule has 3 aromatic rings. The van der Waals surface area contributed by atoms with Gasteiger partial charge in [-0.2, -0.15) is 0 Å². The summed E-state index contributed by atoms with van der Waals surface area (Å²) in [7, 11) is 1.92. The summed E-state index contributed by atoms with van der Waals surface area (Å²) in [6.07, 6.45) is 1.77. The fourth-order valence-corrected chi connectivity index (χ4v) is 2.10. The van der Waals surface area contributed by atoms with Gasteiger partial charge in [0.15, 0.2) is 0 Å². The smallest absolute Gasteiger partial charge is 0.136 e. The molecule has 0 saturated heterocycles. The van der Waals surface area contributed by atoms with Gasteiger partial charge in [0, 0.05) is 24.7 Å². The SMILES string of the molecule is CNc1ccc(CNc2coc3ccccc23)cc1. The van der Waals surface area contributed by atoms with Crippen molar-refractivity contribution in [1.82, 2.24) is 0 Å². The van der Waals surface area contributed by atoms with Gasteiger partial charge in [-0.05, 0) is 29.8 Å². The second-order valence-corrected chi connectivity index (χ2v) is 4.45. The Hall–Kier alpha value is -2.42. The van der Waals surface area contributed by atoms with Crippen LogP contribution in [0.2, 0.25) is 0 Å². The minimum Gasteiger partial charge on any atom is -0.462 e. The second-order valence-electron chi connectivity index (χ2n) is 4.45. The van der Waals surface area contributed by atoms with Crippen molar-refractivity contribution >= 4 is 22.3 Å². The molecule has 0 aliphatic carbocycles. The van der Waals surface area contributed by atoms with E-state index in [4.69, 9.17) is 4.42 Å². The van der Waals surface area contributed by atoms with Crippen molar-refractivity contribution in [2.45, 2.75) is 6.54 Å². The van der Waals surface area contributed by atoms with Gasteiger partial charge < -0.3 is 15.1 Å². The number of benzene rings is 2. The van der Waals surface area contributed by atoms with Gasteiger partial charge in [-0.3, -0.25) is 0 Å². The fraction of sp³-hybridized carbons (Fsp3) is 0.125. The summed E-state index contributed by atoms with van der Waals surface area (Å²) in [6, 6.07) is 16.4. The Morgan fingerprint density at radius 1 is 1.00 bits per heavy atom. The summed E-state index contributed by atoms with van der Waals surface area (Å²) in [4.78, 5) is 0. The molecular weight excluding hydrogens is 236 g/mol. The third-order valence-corrected chi connectivity index (χ3v) is 3.21. The van der Waals surface area contributed by atoms with Crippen molar-refractivity contribution in [3.63, 3.8) is 0 Å². The van der Waals surface area contributed by atoms with Gasteiger partial charge in [0.25, 0.3) is 0 Å². The second kappa shape index (κ2) is 5.06. The molecule has 0 spiro atoms. The summed E-state index contributed by atoms with van der Waals surface area (Å²) in [5.74, 6) is 0. The predicted molar refractivity (Wildman–Crippen MR) is 79.5 cm³/mol. The zero-order valence-electron chi connectivity index (χ0n) is 10.8. The van der Waals surface area contributed by atoms with E-state index in [2.05, 4.69) is 41.0 Å². The first-order chi connectivity index (χ1) is 9.36. The van der Waals surface area contributed by atoms with Crippen molar-refractivity contribution < 1.29 is 4.42 Å². The fourth-order valence-electron chi connectivity index (χ4n) is 2.10.